The number of hydrogen-bond donors (Lipinski definition) is 0. The number of nitrogens with zero attached hydrogens (tertiary/aromatic N) is 1. The van der Waals surface area contributed by atoms with Crippen molar-refractivity contribution in [3.05, 3.63) is 35.9 Å². The first-order valence-electron chi connectivity index (χ1n) is 7.19. The first-order chi connectivity index (χ1) is 10.5. The Morgan fingerprint density at radius 3 is 2.55 bits per heavy atom. The average Bonchev–Trinajstić information content (AvgIpc) is 2.90. The molecule has 0 bridgehead atoms. The number of methoxy groups -OCH3 is 1. The predicted octanol–water partition coefficient (Wildman–Crippen LogP) is 3.14. The average molecular weight is 370 g/mol. The van der Waals surface area contributed by atoms with E-state index in [9.17, 15) is 9.59 Å². The van der Waals surface area contributed by atoms with E-state index in [1.807, 2.05) is 44.2 Å². The van der Waals surface area contributed by atoms with Gasteiger partial charge in [0.05, 0.1) is 6.04 Å². The van der Waals surface area contributed by atoms with Gasteiger partial charge in [0.25, 0.3) is 0 Å². The maximum absolute atomic E-state index is 12.7. The molecule has 0 aromatic heterocycles. The molecule has 1 aliphatic heterocycles. The molecule has 22 heavy (non-hydrogen) atoms. The largest absolute Gasteiger partial charge is 0.447 e. The minimum atomic E-state index is -0.660. The van der Waals surface area contributed by atoms with Crippen LogP contribution in [0.1, 0.15) is 25.5 Å². The van der Waals surface area contributed by atoms with Crippen molar-refractivity contribution in [1.29, 1.82) is 0 Å². The molecule has 1 fully saturated rings. The second-order valence-corrected chi connectivity index (χ2v) is 6.55. The van der Waals surface area contributed by atoms with Gasteiger partial charge < -0.3 is 9.47 Å². The molecule has 1 aromatic rings. The van der Waals surface area contributed by atoms with Gasteiger partial charge in [0.1, 0.15) is 17.5 Å². The van der Waals surface area contributed by atoms with Gasteiger partial charge >= 0.3 is 6.09 Å². The number of carbonyl (C=O) groups is 2. The number of halogens is 1. The molecule has 0 radical (unpaired) electrons. The summed E-state index contributed by atoms with van der Waals surface area (Å²) in [7, 11) is 1.54. The highest BCUT2D eigenvalue weighted by atomic mass is 79.9. The number of alkyl halides is 1. The van der Waals surface area contributed by atoms with E-state index < -0.39 is 17.0 Å². The molecule has 6 heteroatoms. The molecule has 0 saturated carbocycles. The van der Waals surface area contributed by atoms with Crippen molar-refractivity contribution in [2.24, 2.45) is 5.92 Å². The number of amides is 2. The van der Waals surface area contributed by atoms with Crippen molar-refractivity contribution in [2.45, 2.75) is 30.8 Å². The molecule has 0 aliphatic carbocycles. The molecule has 1 heterocycles. The predicted molar refractivity (Wildman–Crippen MR) is 85.7 cm³/mol. The Morgan fingerprint density at radius 2 is 2.00 bits per heavy atom. The second kappa shape index (κ2) is 7.24. The van der Waals surface area contributed by atoms with Crippen LogP contribution in [-0.2, 0) is 14.3 Å². The Bertz CT molecular complexity index is 534. The van der Waals surface area contributed by atoms with Crippen molar-refractivity contribution < 1.29 is 19.1 Å². The van der Waals surface area contributed by atoms with Gasteiger partial charge in [-0.1, -0.05) is 60.1 Å². The van der Waals surface area contributed by atoms with E-state index in [4.69, 9.17) is 9.47 Å². The zero-order valence-corrected chi connectivity index (χ0v) is 14.4. The van der Waals surface area contributed by atoms with Gasteiger partial charge in [0.15, 0.2) is 0 Å². The standard InChI is InChI=1S/C16H20BrNO4/c1-10(2)12-9-22-16(20)18(12)15(19)13(17)14(21-3)11-7-5-4-6-8-11/h4-8,10,12-14H,9H2,1-3H3/t12-,13+,14+/m1/s1. The van der Waals surface area contributed by atoms with Crippen LogP contribution in [0.3, 0.4) is 0 Å². The fourth-order valence-electron chi connectivity index (χ4n) is 2.51. The van der Waals surface area contributed by atoms with Crippen LogP contribution >= 0.6 is 15.9 Å². The molecular formula is C16H20BrNO4. The number of cyclic esters (lactones) is 1. The molecule has 0 N–H and O–H groups in total. The lowest BCUT2D eigenvalue weighted by Crippen LogP contribution is -2.46. The Labute approximate surface area is 138 Å². The van der Waals surface area contributed by atoms with Gasteiger partial charge in [-0.05, 0) is 11.5 Å². The van der Waals surface area contributed by atoms with E-state index in [1.54, 1.807) is 7.11 Å². The zero-order valence-electron chi connectivity index (χ0n) is 12.9. The maximum Gasteiger partial charge on any atom is 0.417 e. The quantitative estimate of drug-likeness (QED) is 0.748. The summed E-state index contributed by atoms with van der Waals surface area (Å²) in [6.45, 7) is 4.16. The highest BCUT2D eigenvalue weighted by Gasteiger charge is 2.43. The zero-order chi connectivity index (χ0) is 16.3. The maximum atomic E-state index is 12.7. The number of imide groups is 1. The van der Waals surface area contributed by atoms with E-state index in [0.29, 0.717) is 0 Å². The lowest BCUT2D eigenvalue weighted by molar-refractivity contribution is -0.131. The third-order valence-electron chi connectivity index (χ3n) is 3.80. The molecule has 1 saturated heterocycles. The van der Waals surface area contributed by atoms with Gasteiger partial charge in [0.2, 0.25) is 5.91 Å². The van der Waals surface area contributed by atoms with Crippen molar-refractivity contribution in [3.63, 3.8) is 0 Å². The van der Waals surface area contributed by atoms with Gasteiger partial charge in [0, 0.05) is 7.11 Å². The van der Waals surface area contributed by atoms with E-state index in [0.717, 1.165) is 5.56 Å². The fourth-order valence-corrected chi connectivity index (χ4v) is 3.25. The summed E-state index contributed by atoms with van der Waals surface area (Å²) < 4.78 is 10.5. The molecule has 120 valence electrons. The van der Waals surface area contributed by atoms with Crippen LogP contribution in [0, 0.1) is 5.92 Å². The van der Waals surface area contributed by atoms with E-state index >= 15 is 0 Å². The molecule has 1 aliphatic rings. The number of benzene rings is 1. The third kappa shape index (κ3) is 3.33. The van der Waals surface area contributed by atoms with Gasteiger partial charge in [-0.2, -0.15) is 0 Å². The lowest BCUT2D eigenvalue weighted by Gasteiger charge is -2.28. The number of hydrogen-bond acceptors (Lipinski definition) is 4. The second-order valence-electron chi connectivity index (χ2n) is 5.57. The van der Waals surface area contributed by atoms with Crippen LogP contribution < -0.4 is 0 Å². The Balaban J connectivity index is 2.21. The van der Waals surface area contributed by atoms with Gasteiger partial charge in [-0.15, -0.1) is 0 Å². The summed E-state index contributed by atoms with van der Waals surface area (Å²) >= 11 is 3.40. The van der Waals surface area contributed by atoms with Crippen molar-refractivity contribution in [2.75, 3.05) is 13.7 Å². The Hall–Kier alpha value is -1.40. The summed E-state index contributed by atoms with van der Waals surface area (Å²) in [6, 6.07) is 9.19. The van der Waals surface area contributed by atoms with Gasteiger partial charge in [-0.25, -0.2) is 9.69 Å². The summed E-state index contributed by atoms with van der Waals surface area (Å²) in [4.78, 5) is 25.2. The summed E-state index contributed by atoms with van der Waals surface area (Å²) in [6.07, 6.45) is -1.06. The van der Waals surface area contributed by atoms with Crippen molar-refractivity contribution >= 4 is 27.9 Å². The summed E-state index contributed by atoms with van der Waals surface area (Å²) in [5.41, 5.74) is 0.869. The summed E-state index contributed by atoms with van der Waals surface area (Å²) in [5, 5.41) is 0. The van der Waals surface area contributed by atoms with Crippen LogP contribution in [0.25, 0.3) is 0 Å². The normalized spacial score (nSPS) is 20.9. The minimum Gasteiger partial charge on any atom is -0.447 e. The van der Waals surface area contributed by atoms with Crippen LogP contribution in [0.2, 0.25) is 0 Å². The molecule has 3 atom stereocenters. The monoisotopic (exact) mass is 369 g/mol. The van der Waals surface area contributed by atoms with Gasteiger partial charge in [-0.3, -0.25) is 4.79 Å². The lowest BCUT2D eigenvalue weighted by atomic mass is 10.0. The molecule has 0 spiro atoms. The van der Waals surface area contributed by atoms with Crippen LogP contribution in [-0.4, -0.2) is 41.5 Å². The minimum absolute atomic E-state index is 0.132. The molecular weight excluding hydrogens is 350 g/mol. The van der Waals surface area contributed by atoms with E-state index in [1.165, 1.54) is 4.90 Å². The molecule has 1 aromatic carbocycles. The number of rotatable bonds is 5. The topological polar surface area (TPSA) is 55.8 Å². The highest BCUT2D eigenvalue weighted by Crippen LogP contribution is 2.30. The molecule has 2 rings (SSSR count). The van der Waals surface area contributed by atoms with Crippen LogP contribution in [0.4, 0.5) is 4.79 Å². The summed E-state index contributed by atoms with van der Waals surface area (Å²) in [5.74, 6) is -0.204. The smallest absolute Gasteiger partial charge is 0.417 e. The molecule has 0 unspecified atom stereocenters. The Morgan fingerprint density at radius 1 is 1.36 bits per heavy atom. The molecule has 5 nitrogen and oxygen atoms in total. The van der Waals surface area contributed by atoms with Crippen molar-refractivity contribution in [1.82, 2.24) is 4.90 Å². The number of ether oxygens (including phenoxy) is 2. The number of carbonyl (C=O) groups excluding carboxylic acids is 2. The molecule has 2 amide bonds. The third-order valence-corrected chi connectivity index (χ3v) is 4.67. The Kier molecular flexibility index (Phi) is 5.58. The SMILES string of the molecule is CO[C@@H](c1ccccc1)[C@H](Br)C(=O)N1C(=O)OC[C@@H]1C(C)C. The van der Waals surface area contributed by atoms with Crippen LogP contribution in [0.5, 0.6) is 0 Å². The first-order valence-corrected chi connectivity index (χ1v) is 8.10. The highest BCUT2D eigenvalue weighted by molar-refractivity contribution is 9.10. The van der Waals surface area contributed by atoms with E-state index in [2.05, 4.69) is 15.9 Å². The van der Waals surface area contributed by atoms with Crippen LogP contribution in [0.15, 0.2) is 30.3 Å². The first kappa shape index (κ1) is 17.0. The fraction of sp³-hybridized carbons (Fsp3) is 0.500. The van der Waals surface area contributed by atoms with E-state index in [-0.39, 0.29) is 24.5 Å². The van der Waals surface area contributed by atoms with Crippen molar-refractivity contribution in [3.8, 4) is 0 Å².